The molecule has 0 aliphatic carbocycles. The number of rotatable bonds is 4. The molecule has 0 bridgehead atoms. The van der Waals surface area contributed by atoms with Gasteiger partial charge in [-0.3, -0.25) is 4.68 Å². The van der Waals surface area contributed by atoms with Gasteiger partial charge in [0.05, 0.1) is 5.69 Å². The Hall–Kier alpha value is -0.680. The van der Waals surface area contributed by atoms with Crippen LogP contribution in [-0.4, -0.2) is 40.9 Å². The molecule has 1 aliphatic heterocycles. The van der Waals surface area contributed by atoms with Crippen molar-refractivity contribution in [3.63, 3.8) is 0 Å². The molecule has 0 aromatic carbocycles. The van der Waals surface area contributed by atoms with E-state index in [1.54, 1.807) is 0 Å². The van der Waals surface area contributed by atoms with Gasteiger partial charge < -0.3 is 10.2 Å². The number of aromatic nitrogens is 2. The van der Waals surface area contributed by atoms with Crippen LogP contribution in [0.3, 0.4) is 0 Å². The fourth-order valence-corrected chi connectivity index (χ4v) is 3.22. The standard InChI is InChI=1S/C12H22N4S/c1-4-13-9-11-10(2)14-15(3)12(11)16-5-7-17-8-6-16/h13H,4-9H2,1-3H3. The Labute approximate surface area is 108 Å². The minimum atomic E-state index is 0.926. The van der Waals surface area contributed by atoms with Crippen LogP contribution in [0.5, 0.6) is 0 Å². The van der Waals surface area contributed by atoms with Crippen LogP contribution in [0.1, 0.15) is 18.2 Å². The Morgan fingerprint density at radius 3 is 2.71 bits per heavy atom. The van der Waals surface area contributed by atoms with Crippen molar-refractivity contribution < 1.29 is 0 Å². The van der Waals surface area contributed by atoms with E-state index in [-0.39, 0.29) is 0 Å². The van der Waals surface area contributed by atoms with Crippen LogP contribution in [0.15, 0.2) is 0 Å². The van der Waals surface area contributed by atoms with Gasteiger partial charge in [-0.25, -0.2) is 0 Å². The fraction of sp³-hybridized carbons (Fsp3) is 0.750. The predicted molar refractivity (Wildman–Crippen MR) is 74.9 cm³/mol. The van der Waals surface area contributed by atoms with Gasteiger partial charge >= 0.3 is 0 Å². The average molecular weight is 254 g/mol. The second-order valence-corrected chi connectivity index (χ2v) is 5.62. The van der Waals surface area contributed by atoms with Crippen molar-refractivity contribution in [2.75, 3.05) is 36.0 Å². The Kier molecular flexibility index (Phi) is 4.34. The Bertz CT molecular complexity index is 369. The molecule has 5 heteroatoms. The molecule has 1 aromatic heterocycles. The molecule has 0 amide bonds. The van der Waals surface area contributed by atoms with Crippen LogP contribution < -0.4 is 10.2 Å². The maximum Gasteiger partial charge on any atom is 0.131 e. The SMILES string of the molecule is CCNCc1c(C)nn(C)c1N1CCSCC1. The first-order valence-corrected chi connectivity index (χ1v) is 7.45. The second kappa shape index (κ2) is 5.78. The van der Waals surface area contributed by atoms with Gasteiger partial charge in [-0.2, -0.15) is 16.9 Å². The van der Waals surface area contributed by atoms with E-state index in [9.17, 15) is 0 Å². The van der Waals surface area contributed by atoms with Gasteiger partial charge in [-0.05, 0) is 13.5 Å². The lowest BCUT2D eigenvalue weighted by Crippen LogP contribution is -2.35. The highest BCUT2D eigenvalue weighted by Gasteiger charge is 2.20. The molecule has 2 rings (SSSR count). The van der Waals surface area contributed by atoms with Crippen molar-refractivity contribution >= 4 is 17.6 Å². The van der Waals surface area contributed by atoms with Crippen LogP contribution in [0, 0.1) is 6.92 Å². The van der Waals surface area contributed by atoms with Gasteiger partial charge in [0.15, 0.2) is 0 Å². The molecule has 0 radical (unpaired) electrons. The van der Waals surface area contributed by atoms with E-state index in [4.69, 9.17) is 0 Å². The molecule has 0 saturated carbocycles. The fourth-order valence-electron chi connectivity index (χ4n) is 2.32. The summed E-state index contributed by atoms with van der Waals surface area (Å²) in [4.78, 5) is 2.48. The molecule has 17 heavy (non-hydrogen) atoms. The molecular weight excluding hydrogens is 232 g/mol. The number of aryl methyl sites for hydroxylation is 2. The zero-order chi connectivity index (χ0) is 12.3. The van der Waals surface area contributed by atoms with E-state index >= 15 is 0 Å². The lowest BCUT2D eigenvalue weighted by atomic mass is 10.2. The summed E-state index contributed by atoms with van der Waals surface area (Å²) in [6, 6.07) is 0. The number of hydrogen-bond acceptors (Lipinski definition) is 4. The molecule has 96 valence electrons. The largest absolute Gasteiger partial charge is 0.355 e. The summed E-state index contributed by atoms with van der Waals surface area (Å²) >= 11 is 2.04. The summed E-state index contributed by atoms with van der Waals surface area (Å²) in [7, 11) is 2.06. The number of hydrogen-bond donors (Lipinski definition) is 1. The normalized spacial score (nSPS) is 16.5. The van der Waals surface area contributed by atoms with Crippen LogP contribution >= 0.6 is 11.8 Å². The zero-order valence-electron chi connectivity index (χ0n) is 11.0. The van der Waals surface area contributed by atoms with E-state index < -0.39 is 0 Å². The van der Waals surface area contributed by atoms with Crippen molar-refractivity contribution in [3.05, 3.63) is 11.3 Å². The zero-order valence-corrected chi connectivity index (χ0v) is 11.8. The third-order valence-corrected chi connectivity index (χ3v) is 4.12. The van der Waals surface area contributed by atoms with Crippen LogP contribution in [-0.2, 0) is 13.6 Å². The van der Waals surface area contributed by atoms with E-state index in [1.165, 1.54) is 22.9 Å². The molecule has 1 aromatic rings. The highest BCUT2D eigenvalue weighted by Crippen LogP contribution is 2.25. The third-order valence-electron chi connectivity index (χ3n) is 3.18. The summed E-state index contributed by atoms with van der Waals surface area (Å²) in [6.07, 6.45) is 0. The minimum absolute atomic E-state index is 0.926. The van der Waals surface area contributed by atoms with Crippen LogP contribution in [0.4, 0.5) is 5.82 Å². The number of anilines is 1. The molecule has 1 N–H and O–H groups in total. The van der Waals surface area contributed by atoms with Crippen molar-refractivity contribution in [1.82, 2.24) is 15.1 Å². The molecule has 4 nitrogen and oxygen atoms in total. The summed E-state index contributed by atoms with van der Waals surface area (Å²) in [5.74, 6) is 3.76. The van der Waals surface area contributed by atoms with Gasteiger partial charge in [-0.15, -0.1) is 0 Å². The van der Waals surface area contributed by atoms with E-state index in [2.05, 4.69) is 36.2 Å². The van der Waals surface area contributed by atoms with Crippen molar-refractivity contribution in [2.24, 2.45) is 7.05 Å². The van der Waals surface area contributed by atoms with E-state index in [1.807, 2.05) is 16.4 Å². The molecule has 0 atom stereocenters. The van der Waals surface area contributed by atoms with Gasteiger partial charge in [0.25, 0.3) is 0 Å². The summed E-state index contributed by atoms with van der Waals surface area (Å²) < 4.78 is 2.04. The lowest BCUT2D eigenvalue weighted by molar-refractivity contribution is 0.700. The summed E-state index contributed by atoms with van der Waals surface area (Å²) in [5, 5.41) is 7.98. The molecule has 0 unspecified atom stereocenters. The molecule has 0 spiro atoms. The summed E-state index contributed by atoms with van der Waals surface area (Å²) in [5.41, 5.74) is 2.52. The smallest absolute Gasteiger partial charge is 0.131 e. The maximum atomic E-state index is 4.57. The number of nitrogens with one attached hydrogen (secondary N) is 1. The highest BCUT2D eigenvalue weighted by atomic mass is 32.2. The Morgan fingerprint density at radius 1 is 1.35 bits per heavy atom. The first-order chi connectivity index (χ1) is 8.24. The van der Waals surface area contributed by atoms with Crippen molar-refractivity contribution in [3.8, 4) is 0 Å². The summed E-state index contributed by atoms with van der Waals surface area (Å²) in [6.45, 7) is 8.46. The average Bonchev–Trinajstić information content (AvgIpc) is 2.62. The molecule has 1 aliphatic rings. The van der Waals surface area contributed by atoms with Crippen LogP contribution in [0.25, 0.3) is 0 Å². The maximum absolute atomic E-state index is 4.57. The predicted octanol–water partition coefficient (Wildman–Crippen LogP) is 1.39. The number of thioether (sulfide) groups is 1. The quantitative estimate of drug-likeness (QED) is 0.880. The van der Waals surface area contributed by atoms with E-state index in [0.29, 0.717) is 0 Å². The monoisotopic (exact) mass is 254 g/mol. The Morgan fingerprint density at radius 2 is 2.06 bits per heavy atom. The van der Waals surface area contributed by atoms with Gasteiger partial charge in [0.1, 0.15) is 5.82 Å². The molecule has 1 fully saturated rings. The highest BCUT2D eigenvalue weighted by molar-refractivity contribution is 7.99. The molecule has 1 saturated heterocycles. The topological polar surface area (TPSA) is 33.1 Å². The van der Waals surface area contributed by atoms with Crippen molar-refractivity contribution in [1.29, 1.82) is 0 Å². The molecule has 2 heterocycles. The van der Waals surface area contributed by atoms with Crippen LogP contribution in [0.2, 0.25) is 0 Å². The van der Waals surface area contributed by atoms with Gasteiger partial charge in [-0.1, -0.05) is 6.92 Å². The first kappa shape index (κ1) is 12.8. The number of nitrogens with zero attached hydrogens (tertiary/aromatic N) is 3. The van der Waals surface area contributed by atoms with E-state index in [0.717, 1.165) is 31.9 Å². The lowest BCUT2D eigenvalue weighted by Gasteiger charge is -2.29. The first-order valence-electron chi connectivity index (χ1n) is 6.30. The van der Waals surface area contributed by atoms with Crippen molar-refractivity contribution in [2.45, 2.75) is 20.4 Å². The van der Waals surface area contributed by atoms with Gasteiger partial charge in [0, 0.05) is 43.8 Å². The molecular formula is C12H22N4S. The second-order valence-electron chi connectivity index (χ2n) is 4.39. The third kappa shape index (κ3) is 2.77. The van der Waals surface area contributed by atoms with Gasteiger partial charge in [0.2, 0.25) is 0 Å². The Balaban J connectivity index is 2.23. The minimum Gasteiger partial charge on any atom is -0.355 e.